The summed E-state index contributed by atoms with van der Waals surface area (Å²) in [4.78, 5) is 23.8. The Morgan fingerprint density at radius 3 is 2.41 bits per heavy atom. The molecule has 1 aromatic heterocycles. The molecule has 0 fully saturated rings. The number of ether oxygens (including phenoxy) is 1. The molecule has 1 heterocycles. The van der Waals surface area contributed by atoms with E-state index in [0.29, 0.717) is 16.5 Å². The number of amides is 1. The van der Waals surface area contributed by atoms with E-state index in [1.54, 1.807) is 42.5 Å². The van der Waals surface area contributed by atoms with E-state index in [2.05, 4.69) is 15.5 Å². The second-order valence-electron chi connectivity index (χ2n) is 5.47. The lowest BCUT2D eigenvalue weighted by Gasteiger charge is -2.09. The largest absolute Gasteiger partial charge is 0.455 e. The van der Waals surface area contributed by atoms with Crippen molar-refractivity contribution in [3.05, 3.63) is 57.5 Å². The Bertz CT molecular complexity index is 1010. The van der Waals surface area contributed by atoms with E-state index in [9.17, 15) is 9.59 Å². The number of nitrogens with zero attached hydrogens (tertiary/aromatic N) is 2. The van der Waals surface area contributed by atoms with E-state index in [-0.39, 0.29) is 26.7 Å². The van der Waals surface area contributed by atoms with Crippen molar-refractivity contribution < 1.29 is 18.7 Å². The van der Waals surface area contributed by atoms with E-state index in [4.69, 9.17) is 44.0 Å². The van der Waals surface area contributed by atoms with Gasteiger partial charge in [0.1, 0.15) is 5.75 Å². The Hall–Kier alpha value is -2.26. The molecular formula is C18H12Cl3N3O4S. The molecule has 0 bridgehead atoms. The van der Waals surface area contributed by atoms with Gasteiger partial charge in [-0.2, -0.15) is 0 Å². The summed E-state index contributed by atoms with van der Waals surface area (Å²) >= 11 is 18.8. The van der Waals surface area contributed by atoms with Crippen LogP contribution in [0.3, 0.4) is 0 Å². The first kappa shape index (κ1) is 21.4. The molecule has 0 saturated carbocycles. The van der Waals surface area contributed by atoms with Crippen molar-refractivity contribution in [2.75, 3.05) is 17.7 Å². The number of esters is 1. The maximum Gasteiger partial charge on any atom is 0.316 e. The molecule has 7 nitrogen and oxygen atoms in total. The SMILES string of the molecule is O=C(COC(=O)CSc1nnc(-c2ccc(Cl)cc2)o1)Nc1c(Cl)cccc1Cl. The summed E-state index contributed by atoms with van der Waals surface area (Å²) in [5, 5.41) is 11.6. The van der Waals surface area contributed by atoms with Crippen molar-refractivity contribution in [1.29, 1.82) is 0 Å². The fraction of sp³-hybridized carbons (Fsp3) is 0.111. The van der Waals surface area contributed by atoms with E-state index in [0.717, 1.165) is 11.8 Å². The van der Waals surface area contributed by atoms with Gasteiger partial charge < -0.3 is 14.5 Å². The van der Waals surface area contributed by atoms with Crippen LogP contribution in [-0.4, -0.2) is 34.4 Å². The zero-order chi connectivity index (χ0) is 20.8. The lowest BCUT2D eigenvalue weighted by molar-refractivity contribution is -0.144. The van der Waals surface area contributed by atoms with Gasteiger partial charge in [0.15, 0.2) is 6.61 Å². The van der Waals surface area contributed by atoms with Gasteiger partial charge in [-0.3, -0.25) is 9.59 Å². The van der Waals surface area contributed by atoms with E-state index < -0.39 is 18.5 Å². The monoisotopic (exact) mass is 471 g/mol. The number of aromatic nitrogens is 2. The highest BCUT2D eigenvalue weighted by molar-refractivity contribution is 7.99. The van der Waals surface area contributed by atoms with Crippen molar-refractivity contribution in [1.82, 2.24) is 10.2 Å². The van der Waals surface area contributed by atoms with E-state index in [1.165, 1.54) is 0 Å². The number of hydrogen-bond donors (Lipinski definition) is 1. The second kappa shape index (κ2) is 9.98. The van der Waals surface area contributed by atoms with Crippen LogP contribution in [0.4, 0.5) is 5.69 Å². The zero-order valence-electron chi connectivity index (χ0n) is 14.5. The third-order valence-corrected chi connectivity index (χ3v) is 5.08. The minimum atomic E-state index is -0.623. The van der Waals surface area contributed by atoms with Crippen LogP contribution in [0.1, 0.15) is 0 Å². The summed E-state index contributed by atoms with van der Waals surface area (Å²) in [6.45, 7) is -0.485. The number of rotatable bonds is 7. The molecule has 0 spiro atoms. The molecule has 0 atom stereocenters. The highest BCUT2D eigenvalue weighted by atomic mass is 35.5. The van der Waals surface area contributed by atoms with Gasteiger partial charge in [0.2, 0.25) is 5.89 Å². The average Bonchev–Trinajstić information content (AvgIpc) is 3.17. The molecular weight excluding hydrogens is 461 g/mol. The van der Waals surface area contributed by atoms with Crippen LogP contribution in [0.5, 0.6) is 0 Å². The molecule has 1 amide bonds. The quantitative estimate of drug-likeness (QED) is 0.383. The van der Waals surface area contributed by atoms with Gasteiger partial charge in [0.25, 0.3) is 11.1 Å². The Morgan fingerprint density at radius 1 is 1.03 bits per heavy atom. The highest BCUT2D eigenvalue weighted by Gasteiger charge is 2.14. The molecule has 11 heteroatoms. The molecule has 150 valence electrons. The molecule has 1 N–H and O–H groups in total. The van der Waals surface area contributed by atoms with Gasteiger partial charge >= 0.3 is 5.97 Å². The third-order valence-electron chi connectivity index (χ3n) is 3.40. The Labute approximate surface area is 184 Å². The van der Waals surface area contributed by atoms with E-state index >= 15 is 0 Å². The van der Waals surface area contributed by atoms with E-state index in [1.807, 2.05) is 0 Å². The number of halogens is 3. The maximum atomic E-state index is 11.9. The second-order valence-corrected chi connectivity index (χ2v) is 7.65. The molecule has 29 heavy (non-hydrogen) atoms. The fourth-order valence-corrected chi connectivity index (χ4v) is 3.26. The number of hydrogen-bond acceptors (Lipinski definition) is 7. The first-order valence-corrected chi connectivity index (χ1v) is 10.2. The summed E-state index contributed by atoms with van der Waals surface area (Å²) in [5.74, 6) is -1.00. The fourth-order valence-electron chi connectivity index (χ4n) is 2.08. The molecule has 0 aliphatic heterocycles. The van der Waals surface area contributed by atoms with Gasteiger partial charge in [0.05, 0.1) is 15.7 Å². The standard InChI is InChI=1S/C18H12Cl3N3O4S/c19-11-6-4-10(5-7-11)17-23-24-18(28-17)29-9-15(26)27-8-14(25)22-16-12(20)2-1-3-13(16)21/h1-7H,8-9H2,(H,22,25). The molecule has 0 saturated heterocycles. The number of carbonyl (C=O) groups is 2. The molecule has 2 aromatic carbocycles. The summed E-state index contributed by atoms with van der Waals surface area (Å²) in [6.07, 6.45) is 0. The lowest BCUT2D eigenvalue weighted by Crippen LogP contribution is -2.22. The summed E-state index contributed by atoms with van der Waals surface area (Å²) in [6, 6.07) is 11.7. The molecule has 0 aliphatic carbocycles. The highest BCUT2D eigenvalue weighted by Crippen LogP contribution is 2.29. The topological polar surface area (TPSA) is 94.3 Å². The summed E-state index contributed by atoms with van der Waals surface area (Å²) in [7, 11) is 0. The van der Waals surface area contributed by atoms with Gasteiger partial charge in [-0.15, -0.1) is 10.2 Å². The van der Waals surface area contributed by atoms with Gasteiger partial charge in [-0.1, -0.05) is 52.6 Å². The first-order chi connectivity index (χ1) is 13.9. The zero-order valence-corrected chi connectivity index (χ0v) is 17.6. The number of carbonyl (C=O) groups excluding carboxylic acids is 2. The van der Waals surface area contributed by atoms with Crippen LogP contribution in [0, 0.1) is 0 Å². The molecule has 0 radical (unpaired) electrons. The Balaban J connectivity index is 1.45. The molecule has 3 aromatic rings. The summed E-state index contributed by atoms with van der Waals surface area (Å²) < 4.78 is 10.4. The van der Waals surface area contributed by atoms with Crippen LogP contribution in [0.15, 0.2) is 52.1 Å². The minimum absolute atomic E-state index is 0.109. The van der Waals surface area contributed by atoms with Crippen LogP contribution >= 0.6 is 46.6 Å². The third kappa shape index (κ3) is 6.11. The molecule has 0 unspecified atom stereocenters. The molecule has 3 rings (SSSR count). The minimum Gasteiger partial charge on any atom is -0.455 e. The first-order valence-electron chi connectivity index (χ1n) is 8.04. The predicted molar refractivity (Wildman–Crippen MR) is 112 cm³/mol. The Morgan fingerprint density at radius 2 is 1.72 bits per heavy atom. The van der Waals surface area contributed by atoms with Gasteiger partial charge in [-0.25, -0.2) is 0 Å². The van der Waals surface area contributed by atoms with Crippen LogP contribution < -0.4 is 5.32 Å². The maximum absolute atomic E-state index is 11.9. The number of benzene rings is 2. The Kier molecular flexibility index (Phi) is 7.38. The molecule has 0 aliphatic rings. The van der Waals surface area contributed by atoms with Crippen molar-refractivity contribution in [3.8, 4) is 11.5 Å². The number of anilines is 1. The van der Waals surface area contributed by atoms with Crippen molar-refractivity contribution in [3.63, 3.8) is 0 Å². The van der Waals surface area contributed by atoms with Gasteiger partial charge in [0, 0.05) is 10.6 Å². The number of thioether (sulfide) groups is 1. The average molecular weight is 473 g/mol. The number of para-hydroxylation sites is 1. The normalized spacial score (nSPS) is 10.6. The van der Waals surface area contributed by atoms with Gasteiger partial charge in [-0.05, 0) is 36.4 Å². The van der Waals surface area contributed by atoms with Crippen molar-refractivity contribution in [2.45, 2.75) is 5.22 Å². The summed E-state index contributed by atoms with van der Waals surface area (Å²) in [5.41, 5.74) is 0.957. The predicted octanol–water partition coefficient (Wildman–Crippen LogP) is 4.97. The van der Waals surface area contributed by atoms with Crippen molar-refractivity contribution in [2.24, 2.45) is 0 Å². The van der Waals surface area contributed by atoms with Crippen LogP contribution in [0.25, 0.3) is 11.5 Å². The van der Waals surface area contributed by atoms with Crippen LogP contribution in [-0.2, 0) is 14.3 Å². The van der Waals surface area contributed by atoms with Crippen molar-refractivity contribution >= 4 is 64.1 Å². The number of nitrogens with one attached hydrogen (secondary N) is 1. The van der Waals surface area contributed by atoms with Crippen LogP contribution in [0.2, 0.25) is 15.1 Å². The smallest absolute Gasteiger partial charge is 0.316 e. The lowest BCUT2D eigenvalue weighted by atomic mass is 10.2.